The van der Waals surface area contributed by atoms with Gasteiger partial charge < -0.3 is 21.9 Å². The van der Waals surface area contributed by atoms with Gasteiger partial charge in [0, 0.05) is 18.9 Å². The van der Waals surface area contributed by atoms with Gasteiger partial charge in [0.2, 0.25) is 5.91 Å². The number of carboxylic acids is 1. The molecule has 0 aromatic rings. The molecule has 0 heterocycles. The summed E-state index contributed by atoms with van der Waals surface area (Å²) in [4.78, 5) is 27.1. The van der Waals surface area contributed by atoms with Gasteiger partial charge in [0.05, 0.1) is 12.0 Å². The smallest absolute Gasteiger partial charge is 0.306 e. The number of nitrogens with zero attached hydrogens (tertiary/aromatic N) is 1. The third-order valence-corrected chi connectivity index (χ3v) is 4.63. The Morgan fingerprint density at radius 2 is 1.86 bits per heavy atom. The number of hydrogen-bond acceptors (Lipinski definition) is 3. The molecule has 0 spiro atoms. The first-order chi connectivity index (χ1) is 10.3. The number of guanidine groups is 1. The predicted octanol–water partition coefficient (Wildman–Crippen LogP) is 0.680. The Morgan fingerprint density at radius 3 is 2.27 bits per heavy atom. The van der Waals surface area contributed by atoms with Gasteiger partial charge in [0.1, 0.15) is 0 Å². The molecule has 7 nitrogen and oxygen atoms in total. The minimum Gasteiger partial charge on any atom is -0.481 e. The van der Waals surface area contributed by atoms with Crippen LogP contribution in [-0.4, -0.2) is 35.0 Å². The fraction of sp³-hybridized carbons (Fsp3) is 0.800. The summed E-state index contributed by atoms with van der Waals surface area (Å²) in [6.45, 7) is 5.62. The highest BCUT2D eigenvalue weighted by Gasteiger charge is 2.44. The maximum atomic E-state index is 11.6. The monoisotopic (exact) mass is 312 g/mol. The van der Waals surface area contributed by atoms with Crippen molar-refractivity contribution in [3.63, 3.8) is 0 Å². The van der Waals surface area contributed by atoms with Gasteiger partial charge >= 0.3 is 5.97 Å². The zero-order valence-electron chi connectivity index (χ0n) is 13.6. The van der Waals surface area contributed by atoms with Crippen LogP contribution in [0.2, 0.25) is 0 Å². The molecule has 1 aliphatic rings. The fourth-order valence-corrected chi connectivity index (χ4v) is 3.58. The average molecular weight is 312 g/mol. The van der Waals surface area contributed by atoms with Crippen molar-refractivity contribution in [3.05, 3.63) is 0 Å². The Kier molecular flexibility index (Phi) is 6.64. The van der Waals surface area contributed by atoms with Crippen molar-refractivity contribution >= 4 is 17.8 Å². The van der Waals surface area contributed by atoms with E-state index in [0.29, 0.717) is 12.8 Å². The lowest BCUT2D eigenvalue weighted by Crippen LogP contribution is -2.47. The van der Waals surface area contributed by atoms with Crippen LogP contribution in [-0.2, 0) is 9.59 Å². The van der Waals surface area contributed by atoms with E-state index in [4.69, 9.17) is 11.5 Å². The van der Waals surface area contributed by atoms with Crippen LogP contribution >= 0.6 is 0 Å². The van der Waals surface area contributed by atoms with Gasteiger partial charge in [0.15, 0.2) is 5.96 Å². The number of amides is 1. The van der Waals surface area contributed by atoms with E-state index in [1.54, 1.807) is 0 Å². The van der Waals surface area contributed by atoms with Gasteiger partial charge in [-0.1, -0.05) is 26.7 Å². The van der Waals surface area contributed by atoms with E-state index in [1.165, 1.54) is 6.92 Å². The highest BCUT2D eigenvalue weighted by molar-refractivity contribution is 5.76. The Labute approximate surface area is 131 Å². The molecule has 2 unspecified atom stereocenters. The van der Waals surface area contributed by atoms with Crippen molar-refractivity contribution in [1.29, 1.82) is 0 Å². The summed E-state index contributed by atoms with van der Waals surface area (Å²) in [5, 5.41) is 12.3. The SMILES string of the molecule is CCC(CC)C(NC(C)=O)[C@@H]1CC(C(=O)O)C[C@H]1N=C(N)N. The maximum Gasteiger partial charge on any atom is 0.306 e. The number of carbonyl (C=O) groups is 2. The van der Waals surface area contributed by atoms with E-state index in [9.17, 15) is 14.7 Å². The quantitative estimate of drug-likeness (QED) is 0.405. The molecule has 1 aliphatic carbocycles. The van der Waals surface area contributed by atoms with E-state index in [2.05, 4.69) is 24.2 Å². The molecule has 4 atom stereocenters. The molecule has 7 heteroatoms. The number of hydrogen-bond donors (Lipinski definition) is 4. The Morgan fingerprint density at radius 1 is 1.27 bits per heavy atom. The number of carboxylic acid groups (broad SMARTS) is 1. The van der Waals surface area contributed by atoms with Gasteiger partial charge in [-0.05, 0) is 18.8 Å². The number of aliphatic carboxylic acids is 1. The van der Waals surface area contributed by atoms with Gasteiger partial charge in [0.25, 0.3) is 0 Å². The standard InChI is InChI=1S/C15H28N4O3/c1-4-9(5-2)13(18-8(3)20)11-6-10(14(21)22)7-12(11)19-15(16)17/h9-13H,4-7H2,1-3H3,(H,18,20)(H,21,22)(H4,16,17,19)/t10?,11-,12-,13?/m1/s1. The van der Waals surface area contributed by atoms with E-state index >= 15 is 0 Å². The first kappa shape index (κ1) is 18.3. The van der Waals surface area contributed by atoms with Crippen LogP contribution in [0.5, 0.6) is 0 Å². The van der Waals surface area contributed by atoms with Crippen molar-refractivity contribution in [3.8, 4) is 0 Å². The van der Waals surface area contributed by atoms with E-state index < -0.39 is 11.9 Å². The first-order valence-corrected chi connectivity index (χ1v) is 7.88. The lowest BCUT2D eigenvalue weighted by molar-refractivity contribution is -0.141. The molecule has 1 saturated carbocycles. The van der Waals surface area contributed by atoms with Crippen LogP contribution in [0.3, 0.4) is 0 Å². The van der Waals surface area contributed by atoms with Crippen LogP contribution in [0.1, 0.15) is 46.5 Å². The summed E-state index contributed by atoms with van der Waals surface area (Å²) in [6.07, 6.45) is 2.71. The molecule has 0 radical (unpaired) electrons. The van der Waals surface area contributed by atoms with Crippen LogP contribution in [0, 0.1) is 17.8 Å². The molecule has 1 fully saturated rings. The van der Waals surface area contributed by atoms with Crippen LogP contribution in [0.4, 0.5) is 0 Å². The minimum atomic E-state index is -0.829. The zero-order valence-corrected chi connectivity index (χ0v) is 13.6. The summed E-state index contributed by atoms with van der Waals surface area (Å²) < 4.78 is 0. The van der Waals surface area contributed by atoms with E-state index in [-0.39, 0.29) is 35.8 Å². The lowest BCUT2D eigenvalue weighted by atomic mass is 9.81. The summed E-state index contributed by atoms with van der Waals surface area (Å²) in [7, 11) is 0. The number of carbonyl (C=O) groups excluding carboxylic acids is 1. The molecule has 0 bridgehead atoms. The Balaban J connectivity index is 3.08. The molecule has 126 valence electrons. The second-order valence-corrected chi connectivity index (χ2v) is 6.09. The van der Waals surface area contributed by atoms with Crippen molar-refractivity contribution in [2.75, 3.05) is 0 Å². The number of nitrogens with one attached hydrogen (secondary N) is 1. The average Bonchev–Trinajstić information content (AvgIpc) is 2.81. The highest BCUT2D eigenvalue weighted by Crippen LogP contribution is 2.39. The summed E-state index contributed by atoms with van der Waals surface area (Å²) in [5.74, 6) is -1.23. The van der Waals surface area contributed by atoms with Gasteiger partial charge in [-0.3, -0.25) is 9.59 Å². The van der Waals surface area contributed by atoms with Crippen LogP contribution in [0.15, 0.2) is 4.99 Å². The van der Waals surface area contributed by atoms with E-state index in [0.717, 1.165) is 12.8 Å². The molecule has 22 heavy (non-hydrogen) atoms. The van der Waals surface area contributed by atoms with Crippen molar-refractivity contribution in [2.45, 2.75) is 58.5 Å². The Bertz CT molecular complexity index is 431. The summed E-state index contributed by atoms with van der Waals surface area (Å²) >= 11 is 0. The molecule has 0 aromatic heterocycles. The van der Waals surface area contributed by atoms with Crippen LogP contribution in [0.25, 0.3) is 0 Å². The molecule has 6 N–H and O–H groups in total. The minimum absolute atomic E-state index is 0.0350. The van der Waals surface area contributed by atoms with Crippen molar-refractivity contribution in [2.24, 2.45) is 34.2 Å². The van der Waals surface area contributed by atoms with E-state index in [1.807, 2.05) is 0 Å². The second kappa shape index (κ2) is 8.00. The summed E-state index contributed by atoms with van der Waals surface area (Å²) in [6, 6.07) is -0.367. The topological polar surface area (TPSA) is 131 Å². The third-order valence-electron chi connectivity index (χ3n) is 4.63. The maximum absolute atomic E-state index is 11.6. The summed E-state index contributed by atoms with van der Waals surface area (Å²) in [5.41, 5.74) is 11.0. The van der Waals surface area contributed by atoms with Crippen LogP contribution < -0.4 is 16.8 Å². The lowest BCUT2D eigenvalue weighted by Gasteiger charge is -2.33. The third kappa shape index (κ3) is 4.61. The zero-order chi connectivity index (χ0) is 16.9. The van der Waals surface area contributed by atoms with Crippen molar-refractivity contribution in [1.82, 2.24) is 5.32 Å². The molecule has 0 aromatic carbocycles. The molecular weight excluding hydrogens is 284 g/mol. The fourth-order valence-electron chi connectivity index (χ4n) is 3.58. The normalized spacial score (nSPS) is 25.7. The second-order valence-electron chi connectivity index (χ2n) is 6.09. The molecule has 0 aliphatic heterocycles. The van der Waals surface area contributed by atoms with Crippen molar-refractivity contribution < 1.29 is 14.7 Å². The van der Waals surface area contributed by atoms with Gasteiger partial charge in [-0.15, -0.1) is 0 Å². The molecule has 1 amide bonds. The molecular formula is C15H28N4O3. The highest BCUT2D eigenvalue weighted by atomic mass is 16.4. The number of rotatable bonds is 7. The number of nitrogens with two attached hydrogens (primary N) is 2. The van der Waals surface area contributed by atoms with Gasteiger partial charge in [-0.2, -0.15) is 0 Å². The van der Waals surface area contributed by atoms with Gasteiger partial charge in [-0.25, -0.2) is 4.99 Å². The largest absolute Gasteiger partial charge is 0.481 e. The molecule has 1 rings (SSSR count). The first-order valence-electron chi connectivity index (χ1n) is 7.88. The Hall–Kier alpha value is -1.79. The molecule has 0 saturated heterocycles. The number of aliphatic imine (C=N–C) groups is 1. The predicted molar refractivity (Wildman–Crippen MR) is 85.1 cm³/mol.